The van der Waals surface area contributed by atoms with Crippen LogP contribution in [0.2, 0.25) is 0 Å². The lowest BCUT2D eigenvalue weighted by atomic mass is 9.90. The van der Waals surface area contributed by atoms with Gasteiger partial charge in [-0.1, -0.05) is 42.5 Å². The second-order valence-corrected chi connectivity index (χ2v) is 7.25. The maximum Gasteiger partial charge on any atom is 0.252 e. The fraction of sp³-hybridized carbons (Fsp3) is 0.318. The van der Waals surface area contributed by atoms with Gasteiger partial charge in [-0.05, 0) is 55.4 Å². The van der Waals surface area contributed by atoms with Gasteiger partial charge in [0.25, 0.3) is 5.91 Å². The predicted octanol–water partition coefficient (Wildman–Crippen LogP) is 4.17. The van der Waals surface area contributed by atoms with Gasteiger partial charge >= 0.3 is 0 Å². The molecule has 138 valence electrons. The number of rotatable bonds is 4. The van der Waals surface area contributed by atoms with E-state index < -0.39 is 0 Å². The third-order valence-corrected chi connectivity index (χ3v) is 5.50. The van der Waals surface area contributed by atoms with Crippen LogP contribution in [0.15, 0.2) is 61.2 Å². The molecule has 2 aromatic carbocycles. The highest BCUT2D eigenvalue weighted by molar-refractivity contribution is 6.01. The molecule has 1 heterocycles. The summed E-state index contributed by atoms with van der Waals surface area (Å²) < 4.78 is 2.07. The number of nitrogens with one attached hydrogen (secondary N) is 1. The van der Waals surface area contributed by atoms with E-state index in [1.54, 1.807) is 12.7 Å². The number of hydrogen-bond donors (Lipinski definition) is 1. The summed E-state index contributed by atoms with van der Waals surface area (Å²) in [6, 6.07) is 16.7. The molecule has 5 heteroatoms. The third-order valence-electron chi connectivity index (χ3n) is 5.50. The number of aryl methyl sites for hydroxylation is 1. The number of amides is 1. The van der Waals surface area contributed by atoms with Gasteiger partial charge in [-0.2, -0.15) is 0 Å². The monoisotopic (exact) mass is 360 g/mol. The van der Waals surface area contributed by atoms with Crippen LogP contribution in [0, 0.1) is 6.92 Å². The summed E-state index contributed by atoms with van der Waals surface area (Å²) in [5.41, 5.74) is 4.02. The van der Waals surface area contributed by atoms with E-state index in [1.807, 2.05) is 36.4 Å². The largest absolute Gasteiger partial charge is 0.349 e. The number of nitrogens with zero attached hydrogens (tertiary/aromatic N) is 3. The summed E-state index contributed by atoms with van der Waals surface area (Å²) in [6.45, 7) is 2.08. The summed E-state index contributed by atoms with van der Waals surface area (Å²) in [6.07, 6.45) is 7.57. The normalized spacial score (nSPS) is 19.6. The Kier molecular flexibility index (Phi) is 5.01. The van der Waals surface area contributed by atoms with Crippen LogP contribution in [0.5, 0.6) is 0 Å². The molecule has 0 spiro atoms. The molecular formula is C22H24N4O. The minimum Gasteiger partial charge on any atom is -0.349 e. The van der Waals surface area contributed by atoms with Crippen molar-refractivity contribution in [2.24, 2.45) is 0 Å². The first-order valence-electron chi connectivity index (χ1n) is 9.52. The highest BCUT2D eigenvalue weighted by Gasteiger charge is 2.24. The molecule has 0 saturated heterocycles. The Bertz CT molecular complexity index is 912. The molecule has 1 amide bonds. The molecule has 4 rings (SSSR count). The van der Waals surface area contributed by atoms with E-state index in [-0.39, 0.29) is 11.9 Å². The van der Waals surface area contributed by atoms with Crippen molar-refractivity contribution in [2.75, 3.05) is 0 Å². The smallest absolute Gasteiger partial charge is 0.252 e. The van der Waals surface area contributed by atoms with Crippen LogP contribution >= 0.6 is 0 Å². The zero-order chi connectivity index (χ0) is 18.6. The first-order chi connectivity index (χ1) is 13.2. The molecular weight excluding hydrogens is 336 g/mol. The van der Waals surface area contributed by atoms with Crippen LogP contribution in [0.1, 0.15) is 47.6 Å². The van der Waals surface area contributed by atoms with Crippen molar-refractivity contribution in [2.45, 2.75) is 44.7 Å². The molecule has 0 bridgehead atoms. The summed E-state index contributed by atoms with van der Waals surface area (Å²) in [7, 11) is 0. The molecule has 1 N–H and O–H groups in total. The number of carbonyl (C=O) groups is 1. The van der Waals surface area contributed by atoms with Crippen molar-refractivity contribution < 1.29 is 4.79 Å². The Morgan fingerprint density at radius 3 is 2.26 bits per heavy atom. The van der Waals surface area contributed by atoms with E-state index >= 15 is 0 Å². The van der Waals surface area contributed by atoms with Crippen molar-refractivity contribution in [1.82, 2.24) is 20.1 Å². The highest BCUT2D eigenvalue weighted by atomic mass is 16.1. The minimum absolute atomic E-state index is 0.0154. The lowest BCUT2D eigenvalue weighted by Gasteiger charge is -2.29. The Hall–Kier alpha value is -2.95. The number of hydrogen-bond acceptors (Lipinski definition) is 3. The van der Waals surface area contributed by atoms with Crippen LogP contribution in [-0.4, -0.2) is 26.7 Å². The molecule has 0 aliphatic heterocycles. The van der Waals surface area contributed by atoms with Crippen molar-refractivity contribution >= 4 is 5.91 Å². The second kappa shape index (κ2) is 7.74. The topological polar surface area (TPSA) is 59.8 Å². The van der Waals surface area contributed by atoms with Gasteiger partial charge in [0, 0.05) is 17.6 Å². The summed E-state index contributed by atoms with van der Waals surface area (Å²) in [5, 5.41) is 11.0. The van der Waals surface area contributed by atoms with Crippen LogP contribution in [0.3, 0.4) is 0 Å². The van der Waals surface area contributed by atoms with Gasteiger partial charge < -0.3 is 9.88 Å². The molecule has 0 atom stereocenters. The molecule has 0 unspecified atom stereocenters. The zero-order valence-corrected chi connectivity index (χ0v) is 15.5. The Morgan fingerprint density at radius 1 is 0.926 bits per heavy atom. The summed E-state index contributed by atoms with van der Waals surface area (Å²) in [4.78, 5) is 13.0. The average molecular weight is 360 g/mol. The average Bonchev–Trinajstić information content (AvgIpc) is 3.24. The maximum absolute atomic E-state index is 13.0. The molecule has 3 aromatic rings. The number of aromatic nitrogens is 3. The Morgan fingerprint density at radius 2 is 1.56 bits per heavy atom. The summed E-state index contributed by atoms with van der Waals surface area (Å²) >= 11 is 0. The Balaban J connectivity index is 1.46. The van der Waals surface area contributed by atoms with Gasteiger partial charge in [0.2, 0.25) is 0 Å². The van der Waals surface area contributed by atoms with E-state index in [9.17, 15) is 4.79 Å². The zero-order valence-electron chi connectivity index (χ0n) is 15.5. The van der Waals surface area contributed by atoms with Gasteiger partial charge in [-0.3, -0.25) is 4.79 Å². The number of carbonyl (C=O) groups excluding carboxylic acids is 1. The van der Waals surface area contributed by atoms with Gasteiger partial charge in [0.05, 0.1) is 0 Å². The molecule has 27 heavy (non-hydrogen) atoms. The van der Waals surface area contributed by atoms with Crippen LogP contribution in [-0.2, 0) is 0 Å². The molecule has 1 aliphatic rings. The van der Waals surface area contributed by atoms with E-state index in [4.69, 9.17) is 0 Å². The van der Waals surface area contributed by atoms with Gasteiger partial charge in [0.1, 0.15) is 12.7 Å². The highest BCUT2D eigenvalue weighted by Crippen LogP contribution is 2.30. The molecule has 1 aliphatic carbocycles. The Labute approximate surface area is 159 Å². The first kappa shape index (κ1) is 17.5. The van der Waals surface area contributed by atoms with E-state index in [0.717, 1.165) is 42.4 Å². The first-order valence-corrected chi connectivity index (χ1v) is 9.52. The van der Waals surface area contributed by atoms with Crippen LogP contribution < -0.4 is 5.32 Å². The minimum atomic E-state index is 0.0154. The lowest BCUT2D eigenvalue weighted by molar-refractivity contribution is 0.0923. The SMILES string of the molecule is Cc1ccccc1-c1ccccc1C(=O)NC1CCC(n2cnnc2)CC1. The van der Waals surface area contributed by atoms with Gasteiger partial charge in [0.15, 0.2) is 0 Å². The molecule has 5 nitrogen and oxygen atoms in total. The lowest BCUT2D eigenvalue weighted by Crippen LogP contribution is -2.38. The molecule has 0 radical (unpaired) electrons. The quantitative estimate of drug-likeness (QED) is 0.760. The molecule has 1 aromatic heterocycles. The van der Waals surface area contributed by atoms with E-state index in [0.29, 0.717) is 6.04 Å². The van der Waals surface area contributed by atoms with Gasteiger partial charge in [-0.25, -0.2) is 0 Å². The van der Waals surface area contributed by atoms with Crippen LogP contribution in [0.4, 0.5) is 0 Å². The second-order valence-electron chi connectivity index (χ2n) is 7.25. The number of benzene rings is 2. The van der Waals surface area contributed by atoms with Crippen molar-refractivity contribution in [3.8, 4) is 11.1 Å². The standard InChI is InChI=1S/C22H24N4O/c1-16-6-2-3-7-19(16)20-8-4-5-9-21(20)22(27)25-17-10-12-18(13-11-17)26-14-23-24-15-26/h2-9,14-15,17-18H,10-13H2,1H3,(H,25,27). The third kappa shape index (κ3) is 3.77. The molecule has 1 fully saturated rings. The molecule has 1 saturated carbocycles. The predicted molar refractivity (Wildman–Crippen MR) is 105 cm³/mol. The summed E-state index contributed by atoms with van der Waals surface area (Å²) in [5.74, 6) is 0.0154. The van der Waals surface area contributed by atoms with E-state index in [1.165, 1.54) is 5.56 Å². The van der Waals surface area contributed by atoms with Crippen molar-refractivity contribution in [3.05, 3.63) is 72.3 Å². The van der Waals surface area contributed by atoms with Crippen molar-refractivity contribution in [3.63, 3.8) is 0 Å². The van der Waals surface area contributed by atoms with Crippen molar-refractivity contribution in [1.29, 1.82) is 0 Å². The van der Waals surface area contributed by atoms with Crippen LogP contribution in [0.25, 0.3) is 11.1 Å². The maximum atomic E-state index is 13.0. The fourth-order valence-electron chi connectivity index (χ4n) is 3.97. The fourth-order valence-corrected chi connectivity index (χ4v) is 3.97. The van der Waals surface area contributed by atoms with Gasteiger partial charge in [-0.15, -0.1) is 10.2 Å². The van der Waals surface area contributed by atoms with E-state index in [2.05, 4.69) is 39.1 Å².